The fourth-order valence-electron chi connectivity index (χ4n) is 6.07. The Morgan fingerprint density at radius 2 is 1.11 bits per heavy atom. The smallest absolute Gasteiger partial charge is 0.200 e. The first kappa shape index (κ1) is 30.5. The van der Waals surface area contributed by atoms with E-state index in [1.807, 2.05) is 127 Å². The first-order chi connectivity index (χ1) is 22.8. The van der Waals surface area contributed by atoms with Gasteiger partial charge in [-0.1, -0.05) is 136 Å². The SMILES string of the molecule is C[C@@H](c1c(F)c(F)c(F)c(F)c1F)n1c(-c2c(Pc3ccccc3)ccc3ccccc23)nc(-c2ccccc2)c1-c1ccccc1. The van der Waals surface area contributed by atoms with E-state index in [1.54, 1.807) is 4.57 Å². The lowest BCUT2D eigenvalue weighted by atomic mass is 10.0. The molecule has 0 amide bonds. The lowest BCUT2D eigenvalue weighted by Crippen LogP contribution is -2.18. The summed E-state index contributed by atoms with van der Waals surface area (Å²) in [5.74, 6) is -9.59. The number of fused-ring (bicyclic) bond motifs is 1. The van der Waals surface area contributed by atoms with Gasteiger partial charge in [-0.05, 0) is 28.3 Å². The zero-order valence-electron chi connectivity index (χ0n) is 25.0. The molecule has 0 bridgehead atoms. The predicted molar refractivity (Wildman–Crippen MR) is 180 cm³/mol. The molecule has 1 unspecified atom stereocenters. The normalized spacial score (nSPS) is 12.3. The number of halogens is 5. The largest absolute Gasteiger partial charge is 0.316 e. The fourth-order valence-corrected chi connectivity index (χ4v) is 7.27. The second-order valence-corrected chi connectivity index (χ2v) is 12.5. The third-order valence-electron chi connectivity index (χ3n) is 8.26. The number of nitrogens with zero attached hydrogens (tertiary/aromatic N) is 2. The lowest BCUT2D eigenvalue weighted by molar-refractivity contribution is 0.361. The predicted octanol–water partition coefficient (Wildman–Crippen LogP) is 9.97. The van der Waals surface area contributed by atoms with Gasteiger partial charge in [0.2, 0.25) is 5.82 Å². The van der Waals surface area contributed by atoms with E-state index in [1.165, 1.54) is 6.92 Å². The van der Waals surface area contributed by atoms with Crippen molar-refractivity contribution in [3.8, 4) is 33.9 Å². The number of rotatable bonds is 7. The average molecular weight is 649 g/mol. The van der Waals surface area contributed by atoms with Gasteiger partial charge < -0.3 is 4.57 Å². The molecule has 7 aromatic rings. The number of hydrogen-bond acceptors (Lipinski definition) is 1. The second kappa shape index (κ2) is 12.6. The Balaban J connectivity index is 1.63. The highest BCUT2D eigenvalue weighted by Gasteiger charge is 2.34. The molecule has 0 fully saturated rings. The molecule has 2 atom stereocenters. The zero-order valence-corrected chi connectivity index (χ0v) is 26.0. The Kier molecular flexibility index (Phi) is 8.17. The van der Waals surface area contributed by atoms with E-state index in [4.69, 9.17) is 4.98 Å². The average Bonchev–Trinajstić information content (AvgIpc) is 3.51. The molecule has 0 spiro atoms. The zero-order chi connectivity index (χ0) is 32.7. The van der Waals surface area contributed by atoms with Gasteiger partial charge in [-0.15, -0.1) is 0 Å². The Morgan fingerprint density at radius 3 is 1.74 bits per heavy atom. The number of benzene rings is 6. The first-order valence-electron chi connectivity index (χ1n) is 14.9. The third kappa shape index (κ3) is 5.41. The van der Waals surface area contributed by atoms with Gasteiger partial charge in [0.1, 0.15) is 5.82 Å². The quantitative estimate of drug-likeness (QED) is 0.0728. The van der Waals surface area contributed by atoms with E-state index in [-0.39, 0.29) is 8.58 Å². The summed E-state index contributed by atoms with van der Waals surface area (Å²) in [5.41, 5.74) is 2.13. The van der Waals surface area contributed by atoms with Crippen molar-refractivity contribution in [1.82, 2.24) is 9.55 Å². The van der Waals surface area contributed by atoms with Crippen LogP contribution in [0.4, 0.5) is 22.0 Å². The van der Waals surface area contributed by atoms with E-state index < -0.39 is 40.7 Å². The molecule has 1 heterocycles. The van der Waals surface area contributed by atoms with Crippen molar-refractivity contribution in [3.05, 3.63) is 162 Å². The van der Waals surface area contributed by atoms with Crippen molar-refractivity contribution < 1.29 is 22.0 Å². The van der Waals surface area contributed by atoms with Crippen molar-refractivity contribution in [2.75, 3.05) is 0 Å². The van der Waals surface area contributed by atoms with Crippen LogP contribution in [0.1, 0.15) is 18.5 Å². The molecule has 1 aromatic heterocycles. The topological polar surface area (TPSA) is 17.8 Å². The van der Waals surface area contributed by atoms with E-state index in [0.29, 0.717) is 28.3 Å². The summed E-state index contributed by atoms with van der Waals surface area (Å²) in [6.45, 7) is 1.44. The molecular weight excluding hydrogens is 622 g/mol. The van der Waals surface area contributed by atoms with Crippen LogP contribution in [0.3, 0.4) is 0 Å². The third-order valence-corrected chi connectivity index (χ3v) is 9.57. The Hall–Kier alpha value is -5.13. The Labute approximate surface area is 270 Å². The minimum atomic E-state index is -2.20. The summed E-state index contributed by atoms with van der Waals surface area (Å²) in [5, 5.41) is 3.71. The number of aromatic nitrogens is 2. The van der Waals surface area contributed by atoms with Crippen molar-refractivity contribution in [1.29, 1.82) is 0 Å². The molecule has 6 aromatic carbocycles. The Bertz CT molecular complexity index is 2210. The van der Waals surface area contributed by atoms with E-state index in [0.717, 1.165) is 26.9 Å². The van der Waals surface area contributed by atoms with Crippen LogP contribution in [0, 0.1) is 29.1 Å². The molecule has 0 aliphatic carbocycles. The molecule has 232 valence electrons. The van der Waals surface area contributed by atoms with E-state index in [2.05, 4.69) is 0 Å². The van der Waals surface area contributed by atoms with Gasteiger partial charge in [-0.25, -0.2) is 26.9 Å². The molecule has 0 saturated carbocycles. The van der Waals surface area contributed by atoms with Gasteiger partial charge in [0.15, 0.2) is 23.3 Å². The molecule has 0 aliphatic rings. The van der Waals surface area contributed by atoms with Crippen LogP contribution < -0.4 is 10.6 Å². The summed E-state index contributed by atoms with van der Waals surface area (Å²) >= 11 is 0. The van der Waals surface area contributed by atoms with Gasteiger partial charge in [-0.2, -0.15) is 0 Å². The van der Waals surface area contributed by atoms with Gasteiger partial charge in [0.05, 0.1) is 23.0 Å². The molecular formula is C39H26F5N2P. The maximum atomic E-state index is 15.6. The highest BCUT2D eigenvalue weighted by Crippen LogP contribution is 2.43. The molecule has 2 nitrogen and oxygen atoms in total. The van der Waals surface area contributed by atoms with Crippen LogP contribution in [0.25, 0.3) is 44.7 Å². The van der Waals surface area contributed by atoms with E-state index in [9.17, 15) is 13.2 Å². The van der Waals surface area contributed by atoms with Crippen LogP contribution in [-0.4, -0.2) is 9.55 Å². The first-order valence-corrected chi connectivity index (χ1v) is 15.9. The van der Waals surface area contributed by atoms with Gasteiger partial charge in [0, 0.05) is 16.7 Å². The molecule has 0 radical (unpaired) electrons. The number of imidazole rings is 1. The molecule has 8 heteroatoms. The molecule has 7 rings (SSSR count). The van der Waals surface area contributed by atoms with Gasteiger partial charge in [0.25, 0.3) is 0 Å². The summed E-state index contributed by atoms with van der Waals surface area (Å²) in [6.07, 6.45) is 0. The molecule has 0 N–H and O–H groups in total. The summed E-state index contributed by atoms with van der Waals surface area (Å²) in [4.78, 5) is 5.21. The number of hydrogen-bond donors (Lipinski definition) is 0. The Morgan fingerprint density at radius 1 is 0.574 bits per heavy atom. The van der Waals surface area contributed by atoms with Crippen LogP contribution in [-0.2, 0) is 0 Å². The second-order valence-electron chi connectivity index (χ2n) is 11.1. The molecule has 0 saturated heterocycles. The van der Waals surface area contributed by atoms with Crippen LogP contribution >= 0.6 is 8.58 Å². The summed E-state index contributed by atoms with van der Waals surface area (Å²) in [6, 6.07) is 38.8. The standard InChI is InChI=1S/C39H26F5N2P/c1-23(30-32(40)34(42)36(44)35(43)33(30)41)46-38(26-16-7-3-8-17-26)37(25-14-5-2-6-15-25)45-39(46)31-28-20-12-11-13-24(28)21-22-29(31)47-27-18-9-4-10-19-27/h2-23,47H,1H3/t23-/m0/s1. The maximum absolute atomic E-state index is 15.6. The van der Waals surface area contributed by atoms with Crippen LogP contribution in [0.5, 0.6) is 0 Å². The minimum Gasteiger partial charge on any atom is -0.316 e. The highest BCUT2D eigenvalue weighted by atomic mass is 31.1. The molecule has 47 heavy (non-hydrogen) atoms. The van der Waals surface area contributed by atoms with Crippen LogP contribution in [0.2, 0.25) is 0 Å². The van der Waals surface area contributed by atoms with Crippen molar-refractivity contribution in [2.24, 2.45) is 0 Å². The fraction of sp³-hybridized carbons (Fsp3) is 0.0513. The van der Waals surface area contributed by atoms with Crippen molar-refractivity contribution >= 4 is 30.0 Å². The molecule has 0 aliphatic heterocycles. The van der Waals surface area contributed by atoms with Gasteiger partial charge >= 0.3 is 0 Å². The van der Waals surface area contributed by atoms with Gasteiger partial charge in [-0.3, -0.25) is 0 Å². The van der Waals surface area contributed by atoms with Crippen molar-refractivity contribution in [2.45, 2.75) is 13.0 Å². The van der Waals surface area contributed by atoms with Crippen molar-refractivity contribution in [3.63, 3.8) is 0 Å². The minimum absolute atomic E-state index is 0.178. The van der Waals surface area contributed by atoms with E-state index >= 15 is 8.78 Å². The monoisotopic (exact) mass is 648 g/mol. The summed E-state index contributed by atoms with van der Waals surface area (Å²) in [7, 11) is 0.178. The van der Waals surface area contributed by atoms with Crippen LogP contribution in [0.15, 0.2) is 127 Å². The maximum Gasteiger partial charge on any atom is 0.200 e. The lowest BCUT2D eigenvalue weighted by Gasteiger charge is -2.24. The highest BCUT2D eigenvalue weighted by molar-refractivity contribution is 7.55. The summed E-state index contributed by atoms with van der Waals surface area (Å²) < 4.78 is 76.5.